The zero-order valence-electron chi connectivity index (χ0n) is 8.22. The van der Waals surface area contributed by atoms with E-state index in [1.165, 1.54) is 11.1 Å². The van der Waals surface area contributed by atoms with Crippen LogP contribution in [0.2, 0.25) is 0 Å². The van der Waals surface area contributed by atoms with Crippen LogP contribution in [0.15, 0.2) is 48.5 Å². The first kappa shape index (κ1) is 8.30. The third kappa shape index (κ3) is 1.42. The van der Waals surface area contributed by atoms with Gasteiger partial charge in [0.05, 0.1) is 11.4 Å². The minimum Gasteiger partial charge on any atom is -0.248 e. The van der Waals surface area contributed by atoms with E-state index in [2.05, 4.69) is 29.6 Å². The molecule has 1 nitrogen and oxygen atoms in total. The summed E-state index contributed by atoms with van der Waals surface area (Å²) in [5.74, 6) is 0. The summed E-state index contributed by atoms with van der Waals surface area (Å²) in [5, 5.41) is 4.64. The van der Waals surface area contributed by atoms with Gasteiger partial charge in [-0.2, -0.15) is 0 Å². The molecular weight excluding hydrogens is 182 g/mol. The predicted molar refractivity (Wildman–Crippen MR) is 63.3 cm³/mol. The van der Waals surface area contributed by atoms with Crippen LogP contribution < -0.4 is 5.32 Å². The highest BCUT2D eigenvalue weighted by Gasteiger charge is 2.07. The molecule has 0 bridgehead atoms. The number of hydrogen-bond acceptors (Lipinski definition) is 0. The summed E-state index contributed by atoms with van der Waals surface area (Å²) in [7, 11) is 0. The maximum absolute atomic E-state index is 4.64. The van der Waals surface area contributed by atoms with E-state index in [9.17, 15) is 0 Å². The van der Waals surface area contributed by atoms with Crippen LogP contribution in [0.25, 0.3) is 12.2 Å². The second kappa shape index (κ2) is 3.28. The van der Waals surface area contributed by atoms with E-state index in [4.69, 9.17) is 0 Å². The summed E-state index contributed by atoms with van der Waals surface area (Å²) in [6.07, 6.45) is 4.23. The van der Waals surface area contributed by atoms with Crippen molar-refractivity contribution in [2.75, 3.05) is 0 Å². The molecule has 0 aromatic heterocycles. The van der Waals surface area contributed by atoms with E-state index in [0.717, 1.165) is 11.4 Å². The minimum absolute atomic E-state index is 1.04. The fraction of sp³-hybridized carbons (Fsp3) is 0. The van der Waals surface area contributed by atoms with E-state index < -0.39 is 0 Å². The molecule has 1 radical (unpaired) electrons. The van der Waals surface area contributed by atoms with Crippen molar-refractivity contribution in [1.82, 2.24) is 5.32 Å². The van der Waals surface area contributed by atoms with Gasteiger partial charge in [-0.25, -0.2) is 5.32 Å². The van der Waals surface area contributed by atoms with E-state index >= 15 is 0 Å². The molecule has 1 aliphatic rings. The average Bonchev–Trinajstić information content (AvgIpc) is 2.48. The Morgan fingerprint density at radius 1 is 0.600 bits per heavy atom. The Morgan fingerprint density at radius 2 is 1.07 bits per heavy atom. The predicted octanol–water partition coefficient (Wildman–Crippen LogP) is 3.74. The Kier molecular flexibility index (Phi) is 1.82. The molecular formula is C14H10N. The van der Waals surface area contributed by atoms with Gasteiger partial charge in [0.25, 0.3) is 0 Å². The van der Waals surface area contributed by atoms with Gasteiger partial charge in [0.15, 0.2) is 0 Å². The standard InChI is InChI=1S/C14H10N/c1-3-7-13-11(5-1)9-10-12-6-2-4-8-14(12)15-13/h1-10H. The molecule has 1 heterocycles. The summed E-state index contributed by atoms with van der Waals surface area (Å²) in [5.41, 5.74) is 4.43. The summed E-state index contributed by atoms with van der Waals surface area (Å²) in [6, 6.07) is 16.4. The van der Waals surface area contributed by atoms with Crippen molar-refractivity contribution in [3.63, 3.8) is 0 Å². The molecule has 0 N–H and O–H groups in total. The molecule has 0 saturated heterocycles. The second-order valence-corrected chi connectivity index (χ2v) is 3.56. The van der Waals surface area contributed by atoms with Crippen molar-refractivity contribution in [3.05, 3.63) is 59.7 Å². The largest absolute Gasteiger partial charge is 0.248 e. The maximum atomic E-state index is 4.64. The van der Waals surface area contributed by atoms with Gasteiger partial charge >= 0.3 is 0 Å². The third-order valence-electron chi connectivity index (χ3n) is 2.56. The molecule has 0 fully saturated rings. The molecule has 0 amide bonds. The lowest BCUT2D eigenvalue weighted by Crippen LogP contribution is -1.90. The van der Waals surface area contributed by atoms with Crippen LogP contribution in [0.4, 0.5) is 11.4 Å². The Labute approximate surface area is 89.1 Å². The zero-order valence-corrected chi connectivity index (χ0v) is 8.22. The lowest BCUT2D eigenvalue weighted by atomic mass is 10.1. The SMILES string of the molecule is C1=Cc2ccccc2[N]c2ccccc21. The first-order chi connectivity index (χ1) is 7.43. The zero-order chi connectivity index (χ0) is 10.1. The normalized spacial score (nSPS) is 12.3. The van der Waals surface area contributed by atoms with Crippen LogP contribution >= 0.6 is 0 Å². The molecule has 1 aliphatic heterocycles. The fourth-order valence-electron chi connectivity index (χ4n) is 1.77. The third-order valence-corrected chi connectivity index (χ3v) is 2.56. The van der Waals surface area contributed by atoms with Crippen molar-refractivity contribution in [2.24, 2.45) is 0 Å². The molecule has 71 valence electrons. The Balaban J connectivity index is 2.19. The minimum atomic E-state index is 1.04. The van der Waals surface area contributed by atoms with Crippen molar-refractivity contribution < 1.29 is 0 Å². The molecule has 3 rings (SSSR count). The first-order valence-electron chi connectivity index (χ1n) is 5.01. The van der Waals surface area contributed by atoms with Gasteiger partial charge < -0.3 is 0 Å². The summed E-state index contributed by atoms with van der Waals surface area (Å²) in [6.45, 7) is 0. The van der Waals surface area contributed by atoms with Gasteiger partial charge in [-0.3, -0.25) is 0 Å². The quantitative estimate of drug-likeness (QED) is 0.515. The number of para-hydroxylation sites is 2. The average molecular weight is 192 g/mol. The highest BCUT2D eigenvalue weighted by molar-refractivity contribution is 5.83. The van der Waals surface area contributed by atoms with E-state index in [1.807, 2.05) is 36.4 Å². The summed E-state index contributed by atoms with van der Waals surface area (Å²) < 4.78 is 0. The van der Waals surface area contributed by atoms with Gasteiger partial charge in [-0.05, 0) is 12.1 Å². The molecule has 2 aromatic carbocycles. The highest BCUT2D eigenvalue weighted by atomic mass is 14.9. The molecule has 0 unspecified atom stereocenters. The highest BCUT2D eigenvalue weighted by Crippen LogP contribution is 2.29. The fourth-order valence-corrected chi connectivity index (χ4v) is 1.77. The lowest BCUT2D eigenvalue weighted by molar-refractivity contribution is 1.18. The van der Waals surface area contributed by atoms with Crippen LogP contribution in [0, 0.1) is 0 Å². The number of nitrogens with zero attached hydrogens (tertiary/aromatic N) is 1. The van der Waals surface area contributed by atoms with Crippen molar-refractivity contribution in [1.29, 1.82) is 0 Å². The van der Waals surface area contributed by atoms with Crippen molar-refractivity contribution >= 4 is 23.5 Å². The topological polar surface area (TPSA) is 14.1 Å². The van der Waals surface area contributed by atoms with Crippen LogP contribution in [0.3, 0.4) is 0 Å². The van der Waals surface area contributed by atoms with E-state index in [1.54, 1.807) is 0 Å². The smallest absolute Gasteiger partial charge is 0.0709 e. The number of fused-ring (bicyclic) bond motifs is 2. The van der Waals surface area contributed by atoms with Gasteiger partial charge in [0.1, 0.15) is 0 Å². The molecule has 1 heteroatoms. The van der Waals surface area contributed by atoms with Gasteiger partial charge in [0.2, 0.25) is 0 Å². The van der Waals surface area contributed by atoms with Crippen LogP contribution in [0.5, 0.6) is 0 Å². The first-order valence-corrected chi connectivity index (χ1v) is 5.01. The van der Waals surface area contributed by atoms with Crippen LogP contribution in [-0.2, 0) is 0 Å². The monoisotopic (exact) mass is 192 g/mol. The Bertz CT molecular complexity index is 479. The molecule has 0 atom stereocenters. The Hall–Kier alpha value is -2.02. The molecule has 2 aromatic rings. The maximum Gasteiger partial charge on any atom is 0.0709 e. The van der Waals surface area contributed by atoms with Crippen molar-refractivity contribution in [3.8, 4) is 0 Å². The van der Waals surface area contributed by atoms with Crippen LogP contribution in [0.1, 0.15) is 11.1 Å². The summed E-state index contributed by atoms with van der Waals surface area (Å²) in [4.78, 5) is 0. The number of hydrogen-bond donors (Lipinski definition) is 0. The number of rotatable bonds is 0. The summed E-state index contributed by atoms with van der Waals surface area (Å²) >= 11 is 0. The molecule has 15 heavy (non-hydrogen) atoms. The van der Waals surface area contributed by atoms with E-state index in [-0.39, 0.29) is 0 Å². The molecule has 0 aliphatic carbocycles. The van der Waals surface area contributed by atoms with Crippen LogP contribution in [-0.4, -0.2) is 0 Å². The molecule has 0 saturated carbocycles. The molecule has 0 spiro atoms. The van der Waals surface area contributed by atoms with Gasteiger partial charge in [-0.15, -0.1) is 0 Å². The number of benzene rings is 2. The van der Waals surface area contributed by atoms with Gasteiger partial charge in [-0.1, -0.05) is 48.6 Å². The Morgan fingerprint density at radius 3 is 1.60 bits per heavy atom. The van der Waals surface area contributed by atoms with E-state index in [0.29, 0.717) is 0 Å². The lowest BCUT2D eigenvalue weighted by Gasteiger charge is -2.05. The second-order valence-electron chi connectivity index (χ2n) is 3.56. The van der Waals surface area contributed by atoms with Crippen molar-refractivity contribution in [2.45, 2.75) is 0 Å². The van der Waals surface area contributed by atoms with Gasteiger partial charge in [0, 0.05) is 11.1 Å².